The molecule has 19 heavy (non-hydrogen) atoms. The van der Waals surface area contributed by atoms with Crippen LogP contribution in [0.3, 0.4) is 0 Å². The van der Waals surface area contributed by atoms with Crippen LogP contribution in [0.5, 0.6) is 0 Å². The standard InChI is InChI=1S/C14H20N2O3/c1-4-7-16-13(17)10(3)19-14(18)11-5-6-12(15)9(2)8-11/h5-6,8,10H,4,7,15H2,1-3H3,(H,16,17). The first-order valence-corrected chi connectivity index (χ1v) is 6.30. The Labute approximate surface area is 113 Å². The van der Waals surface area contributed by atoms with Crippen molar-refractivity contribution in [2.45, 2.75) is 33.3 Å². The molecule has 1 atom stereocenters. The Morgan fingerprint density at radius 3 is 2.68 bits per heavy atom. The number of hydrogen-bond acceptors (Lipinski definition) is 4. The molecule has 0 aliphatic rings. The highest BCUT2D eigenvalue weighted by Gasteiger charge is 2.18. The highest BCUT2D eigenvalue weighted by atomic mass is 16.5. The average Bonchev–Trinajstić information content (AvgIpc) is 2.38. The third kappa shape index (κ3) is 4.28. The van der Waals surface area contributed by atoms with E-state index in [2.05, 4.69) is 5.32 Å². The van der Waals surface area contributed by atoms with E-state index in [1.807, 2.05) is 13.8 Å². The molecule has 0 bridgehead atoms. The van der Waals surface area contributed by atoms with E-state index in [1.165, 1.54) is 0 Å². The molecule has 0 aliphatic heterocycles. The zero-order chi connectivity index (χ0) is 14.4. The number of nitrogens with two attached hydrogens (primary N) is 1. The van der Waals surface area contributed by atoms with Crippen LogP contribution in [-0.4, -0.2) is 24.5 Å². The van der Waals surface area contributed by atoms with E-state index in [9.17, 15) is 9.59 Å². The zero-order valence-electron chi connectivity index (χ0n) is 11.5. The van der Waals surface area contributed by atoms with Crippen LogP contribution in [0.2, 0.25) is 0 Å². The van der Waals surface area contributed by atoms with Gasteiger partial charge in [-0.05, 0) is 44.0 Å². The maximum absolute atomic E-state index is 11.9. The Kier molecular flexibility index (Phi) is 5.36. The van der Waals surface area contributed by atoms with Crippen molar-refractivity contribution in [3.63, 3.8) is 0 Å². The molecule has 3 N–H and O–H groups in total. The molecule has 1 amide bonds. The van der Waals surface area contributed by atoms with Crippen molar-refractivity contribution >= 4 is 17.6 Å². The van der Waals surface area contributed by atoms with Crippen LogP contribution in [0.4, 0.5) is 5.69 Å². The number of rotatable bonds is 5. The second kappa shape index (κ2) is 6.78. The Morgan fingerprint density at radius 1 is 1.42 bits per heavy atom. The summed E-state index contributed by atoms with van der Waals surface area (Å²) in [5.41, 5.74) is 7.49. The number of hydrogen-bond donors (Lipinski definition) is 2. The summed E-state index contributed by atoms with van der Waals surface area (Å²) in [6, 6.07) is 4.88. The monoisotopic (exact) mass is 264 g/mol. The highest BCUT2D eigenvalue weighted by Crippen LogP contribution is 2.14. The van der Waals surface area contributed by atoms with E-state index >= 15 is 0 Å². The number of carbonyl (C=O) groups excluding carboxylic acids is 2. The number of ether oxygens (including phenoxy) is 1. The summed E-state index contributed by atoms with van der Waals surface area (Å²) in [6.07, 6.45) is 0.0285. The van der Waals surface area contributed by atoms with Crippen LogP contribution in [0.25, 0.3) is 0 Å². The lowest BCUT2D eigenvalue weighted by Crippen LogP contribution is -2.36. The molecule has 0 fully saturated rings. The van der Waals surface area contributed by atoms with Gasteiger partial charge in [0.25, 0.3) is 5.91 Å². The molecule has 5 nitrogen and oxygen atoms in total. The van der Waals surface area contributed by atoms with Gasteiger partial charge in [-0.15, -0.1) is 0 Å². The molecular formula is C14H20N2O3. The fraction of sp³-hybridized carbons (Fsp3) is 0.429. The molecule has 0 aliphatic carbocycles. The molecule has 1 aromatic rings. The van der Waals surface area contributed by atoms with E-state index in [-0.39, 0.29) is 5.91 Å². The summed E-state index contributed by atoms with van der Waals surface area (Å²) >= 11 is 0. The smallest absolute Gasteiger partial charge is 0.338 e. The summed E-state index contributed by atoms with van der Waals surface area (Å²) in [5.74, 6) is -0.815. The molecule has 1 rings (SSSR count). The summed E-state index contributed by atoms with van der Waals surface area (Å²) in [6.45, 7) is 5.88. The second-order valence-electron chi connectivity index (χ2n) is 4.41. The summed E-state index contributed by atoms with van der Waals surface area (Å²) in [7, 11) is 0. The maximum Gasteiger partial charge on any atom is 0.338 e. The number of esters is 1. The minimum Gasteiger partial charge on any atom is -0.449 e. The first-order chi connectivity index (χ1) is 8.95. The van der Waals surface area contributed by atoms with Gasteiger partial charge in [0.15, 0.2) is 6.10 Å². The Bertz CT molecular complexity index is 472. The van der Waals surface area contributed by atoms with Crippen molar-refractivity contribution in [3.8, 4) is 0 Å². The third-order valence-corrected chi connectivity index (χ3v) is 2.71. The van der Waals surface area contributed by atoms with Gasteiger partial charge in [0.1, 0.15) is 0 Å². The molecule has 1 unspecified atom stereocenters. The first-order valence-electron chi connectivity index (χ1n) is 6.30. The fourth-order valence-electron chi connectivity index (χ4n) is 1.48. The molecule has 0 saturated heterocycles. The Balaban J connectivity index is 2.63. The number of nitrogen functional groups attached to an aromatic ring is 1. The number of amides is 1. The van der Waals surface area contributed by atoms with Gasteiger partial charge in [-0.25, -0.2) is 4.79 Å². The van der Waals surface area contributed by atoms with Crippen molar-refractivity contribution in [3.05, 3.63) is 29.3 Å². The van der Waals surface area contributed by atoms with Gasteiger partial charge in [0.2, 0.25) is 0 Å². The third-order valence-electron chi connectivity index (χ3n) is 2.71. The summed E-state index contributed by atoms with van der Waals surface area (Å²) in [4.78, 5) is 23.4. The van der Waals surface area contributed by atoms with Crippen LogP contribution >= 0.6 is 0 Å². The lowest BCUT2D eigenvalue weighted by molar-refractivity contribution is -0.129. The second-order valence-corrected chi connectivity index (χ2v) is 4.41. The Hall–Kier alpha value is -2.04. The molecule has 104 valence electrons. The first kappa shape index (κ1) is 15.0. The SMILES string of the molecule is CCCNC(=O)C(C)OC(=O)c1ccc(N)c(C)c1. The minimum atomic E-state index is -0.808. The van der Waals surface area contributed by atoms with Crippen LogP contribution < -0.4 is 11.1 Å². The number of nitrogens with one attached hydrogen (secondary N) is 1. The predicted molar refractivity (Wildman–Crippen MR) is 73.8 cm³/mol. The van der Waals surface area contributed by atoms with Crippen LogP contribution in [0.1, 0.15) is 36.2 Å². The van der Waals surface area contributed by atoms with Crippen molar-refractivity contribution in [1.82, 2.24) is 5.32 Å². The average molecular weight is 264 g/mol. The number of benzene rings is 1. The minimum absolute atomic E-state index is 0.289. The highest BCUT2D eigenvalue weighted by molar-refractivity contribution is 5.92. The van der Waals surface area contributed by atoms with Gasteiger partial charge >= 0.3 is 5.97 Å². The van der Waals surface area contributed by atoms with Crippen molar-refractivity contribution in [2.24, 2.45) is 0 Å². The van der Waals surface area contributed by atoms with Gasteiger partial charge in [0.05, 0.1) is 5.56 Å². The van der Waals surface area contributed by atoms with E-state index < -0.39 is 12.1 Å². The fourth-order valence-corrected chi connectivity index (χ4v) is 1.48. The maximum atomic E-state index is 11.9. The molecule has 0 saturated carbocycles. The zero-order valence-corrected chi connectivity index (χ0v) is 11.5. The normalized spacial score (nSPS) is 11.7. The lowest BCUT2D eigenvalue weighted by Gasteiger charge is -2.13. The molecule has 0 heterocycles. The van der Waals surface area contributed by atoms with Crippen molar-refractivity contribution < 1.29 is 14.3 Å². The topological polar surface area (TPSA) is 81.4 Å². The lowest BCUT2D eigenvalue weighted by atomic mass is 10.1. The van der Waals surface area contributed by atoms with Gasteiger partial charge in [-0.1, -0.05) is 6.92 Å². The van der Waals surface area contributed by atoms with Crippen LogP contribution in [-0.2, 0) is 9.53 Å². The summed E-state index contributed by atoms with van der Waals surface area (Å²) in [5, 5.41) is 2.67. The van der Waals surface area contributed by atoms with Crippen LogP contribution in [0.15, 0.2) is 18.2 Å². The predicted octanol–water partition coefficient (Wildman–Crippen LogP) is 1.65. The van der Waals surface area contributed by atoms with E-state index in [1.54, 1.807) is 25.1 Å². The Morgan fingerprint density at radius 2 is 2.11 bits per heavy atom. The summed E-state index contributed by atoms with van der Waals surface area (Å²) < 4.78 is 5.10. The van der Waals surface area contributed by atoms with Crippen molar-refractivity contribution in [1.29, 1.82) is 0 Å². The molecule has 0 spiro atoms. The van der Waals surface area contributed by atoms with Gasteiger partial charge in [-0.2, -0.15) is 0 Å². The quantitative estimate of drug-likeness (QED) is 0.626. The van der Waals surface area contributed by atoms with Crippen molar-refractivity contribution in [2.75, 3.05) is 12.3 Å². The number of carbonyl (C=O) groups is 2. The van der Waals surface area contributed by atoms with Gasteiger partial charge in [-0.3, -0.25) is 4.79 Å². The number of anilines is 1. The molecular weight excluding hydrogens is 244 g/mol. The van der Waals surface area contributed by atoms with Gasteiger partial charge < -0.3 is 15.8 Å². The van der Waals surface area contributed by atoms with Gasteiger partial charge in [0, 0.05) is 12.2 Å². The van der Waals surface area contributed by atoms with E-state index in [0.717, 1.165) is 12.0 Å². The molecule has 0 aromatic heterocycles. The molecule has 1 aromatic carbocycles. The van der Waals surface area contributed by atoms with E-state index in [0.29, 0.717) is 17.8 Å². The molecule has 5 heteroatoms. The van der Waals surface area contributed by atoms with Crippen LogP contribution in [0, 0.1) is 6.92 Å². The largest absolute Gasteiger partial charge is 0.449 e. The number of aryl methyl sites for hydroxylation is 1. The van der Waals surface area contributed by atoms with E-state index in [4.69, 9.17) is 10.5 Å². The molecule has 0 radical (unpaired) electrons.